The molecule has 1 unspecified atom stereocenters. The maximum absolute atomic E-state index is 11.9. The van der Waals surface area contributed by atoms with Crippen LogP contribution in [0.15, 0.2) is 41.2 Å². The molecule has 0 fully saturated rings. The molecule has 0 spiro atoms. The number of nitrogens with one attached hydrogen (secondary N) is 2. The molecular weight excluding hydrogens is 284 g/mol. The van der Waals surface area contributed by atoms with Gasteiger partial charge in [-0.1, -0.05) is 12.1 Å². The van der Waals surface area contributed by atoms with Crippen molar-refractivity contribution < 1.29 is 18.7 Å². The number of carbonyl (C=O) groups is 2. The zero-order chi connectivity index (χ0) is 16.1. The van der Waals surface area contributed by atoms with E-state index in [2.05, 4.69) is 10.9 Å². The minimum absolute atomic E-state index is 0.323. The summed E-state index contributed by atoms with van der Waals surface area (Å²) < 4.78 is 10.4. The van der Waals surface area contributed by atoms with Gasteiger partial charge in [0.2, 0.25) is 0 Å². The van der Waals surface area contributed by atoms with Crippen LogP contribution in [-0.2, 0) is 4.79 Å². The van der Waals surface area contributed by atoms with E-state index >= 15 is 0 Å². The number of aryl methyl sites for hydroxylation is 1. The molecule has 0 aliphatic carbocycles. The normalized spacial score (nSPS) is 11.6. The van der Waals surface area contributed by atoms with Crippen LogP contribution in [0.2, 0.25) is 0 Å². The largest absolute Gasteiger partial charge is 0.481 e. The Morgan fingerprint density at radius 2 is 1.95 bits per heavy atom. The topological polar surface area (TPSA) is 80.6 Å². The first-order valence-corrected chi connectivity index (χ1v) is 6.84. The first-order chi connectivity index (χ1) is 10.5. The van der Waals surface area contributed by atoms with Gasteiger partial charge in [0, 0.05) is 0 Å². The molecule has 1 aromatic carbocycles. The van der Waals surface area contributed by atoms with E-state index in [0.29, 0.717) is 11.3 Å². The summed E-state index contributed by atoms with van der Waals surface area (Å²) in [5.74, 6) is -0.261. The highest BCUT2D eigenvalue weighted by Gasteiger charge is 2.17. The first kappa shape index (κ1) is 15.6. The fraction of sp³-hybridized carbons (Fsp3) is 0.250. The van der Waals surface area contributed by atoms with E-state index in [0.717, 1.165) is 11.1 Å². The van der Waals surface area contributed by atoms with Crippen molar-refractivity contribution in [2.24, 2.45) is 0 Å². The minimum Gasteiger partial charge on any atom is -0.481 e. The van der Waals surface area contributed by atoms with Crippen LogP contribution in [0.25, 0.3) is 0 Å². The summed E-state index contributed by atoms with van der Waals surface area (Å²) in [7, 11) is 0. The van der Waals surface area contributed by atoms with Gasteiger partial charge in [-0.3, -0.25) is 20.4 Å². The second-order valence-corrected chi connectivity index (χ2v) is 4.91. The van der Waals surface area contributed by atoms with Gasteiger partial charge < -0.3 is 9.15 Å². The lowest BCUT2D eigenvalue weighted by atomic mass is 10.1. The van der Waals surface area contributed by atoms with E-state index < -0.39 is 17.9 Å². The Kier molecular flexibility index (Phi) is 4.83. The lowest BCUT2D eigenvalue weighted by Gasteiger charge is -2.17. The molecule has 2 aromatic rings. The Balaban J connectivity index is 1.89. The van der Waals surface area contributed by atoms with Crippen LogP contribution in [0, 0.1) is 13.8 Å². The van der Waals surface area contributed by atoms with Gasteiger partial charge in [0.1, 0.15) is 12.0 Å². The number of hydrogen-bond donors (Lipinski definition) is 2. The number of carbonyl (C=O) groups excluding carboxylic acids is 2. The summed E-state index contributed by atoms with van der Waals surface area (Å²) in [5, 5.41) is 0. The van der Waals surface area contributed by atoms with E-state index in [1.807, 2.05) is 26.0 Å². The number of ether oxygens (including phenoxy) is 1. The van der Waals surface area contributed by atoms with Crippen LogP contribution >= 0.6 is 0 Å². The highest BCUT2D eigenvalue weighted by atomic mass is 16.5. The molecule has 0 aliphatic heterocycles. The van der Waals surface area contributed by atoms with Gasteiger partial charge in [0.25, 0.3) is 11.8 Å². The second kappa shape index (κ2) is 6.80. The number of amides is 2. The van der Waals surface area contributed by atoms with E-state index in [-0.39, 0.29) is 0 Å². The number of benzene rings is 1. The van der Waals surface area contributed by atoms with E-state index in [9.17, 15) is 9.59 Å². The van der Waals surface area contributed by atoms with Crippen molar-refractivity contribution in [3.63, 3.8) is 0 Å². The summed E-state index contributed by atoms with van der Waals surface area (Å²) in [6.07, 6.45) is 1.92. The fourth-order valence-corrected chi connectivity index (χ4v) is 1.78. The number of furan rings is 1. The third-order valence-electron chi connectivity index (χ3n) is 3.31. The Hall–Kier alpha value is -2.76. The predicted octanol–water partition coefficient (Wildman–Crippen LogP) is 2.12. The lowest BCUT2D eigenvalue weighted by molar-refractivity contribution is -0.128. The summed E-state index contributed by atoms with van der Waals surface area (Å²) in [5.41, 5.74) is 7.00. The number of rotatable bonds is 4. The molecule has 6 heteroatoms. The molecule has 0 bridgehead atoms. The maximum Gasteiger partial charge on any atom is 0.279 e. The van der Waals surface area contributed by atoms with Crippen molar-refractivity contribution in [1.29, 1.82) is 0 Å². The van der Waals surface area contributed by atoms with Gasteiger partial charge in [-0.05, 0) is 44.0 Å². The van der Waals surface area contributed by atoms with Crippen molar-refractivity contribution in [2.45, 2.75) is 26.9 Å². The Morgan fingerprint density at radius 3 is 2.64 bits per heavy atom. The standard InChI is InChI=1S/C16H18N2O4/c1-10-5-4-6-14(11(10)2)22-12(3)15(19)17-18-16(20)13-7-8-21-9-13/h4-9,12H,1-3H3,(H,17,19)(H,18,20). The molecule has 2 rings (SSSR count). The zero-order valence-corrected chi connectivity index (χ0v) is 12.7. The fourth-order valence-electron chi connectivity index (χ4n) is 1.78. The van der Waals surface area contributed by atoms with E-state index in [1.54, 1.807) is 13.0 Å². The smallest absolute Gasteiger partial charge is 0.279 e. The van der Waals surface area contributed by atoms with Gasteiger partial charge in [-0.25, -0.2) is 0 Å². The van der Waals surface area contributed by atoms with Gasteiger partial charge >= 0.3 is 0 Å². The predicted molar refractivity (Wildman–Crippen MR) is 80.3 cm³/mol. The molecule has 1 aromatic heterocycles. The summed E-state index contributed by atoms with van der Waals surface area (Å²) in [6.45, 7) is 5.51. The lowest BCUT2D eigenvalue weighted by Crippen LogP contribution is -2.47. The van der Waals surface area contributed by atoms with Crippen molar-refractivity contribution >= 4 is 11.8 Å². The minimum atomic E-state index is -0.745. The molecular formula is C16H18N2O4. The molecule has 22 heavy (non-hydrogen) atoms. The van der Waals surface area contributed by atoms with E-state index in [4.69, 9.17) is 9.15 Å². The van der Waals surface area contributed by atoms with E-state index in [1.165, 1.54) is 18.6 Å². The zero-order valence-electron chi connectivity index (χ0n) is 12.7. The van der Waals surface area contributed by atoms with Gasteiger partial charge in [-0.2, -0.15) is 0 Å². The van der Waals surface area contributed by atoms with Gasteiger partial charge in [-0.15, -0.1) is 0 Å². The Morgan fingerprint density at radius 1 is 1.18 bits per heavy atom. The molecule has 116 valence electrons. The quantitative estimate of drug-likeness (QED) is 0.848. The molecule has 1 heterocycles. The summed E-state index contributed by atoms with van der Waals surface area (Å²) >= 11 is 0. The van der Waals surface area contributed by atoms with Crippen LogP contribution in [0.4, 0.5) is 0 Å². The average Bonchev–Trinajstić information content (AvgIpc) is 3.03. The molecule has 0 radical (unpaired) electrons. The molecule has 2 N–H and O–H groups in total. The molecule has 0 saturated heterocycles. The molecule has 0 aliphatic rings. The van der Waals surface area contributed by atoms with Crippen molar-refractivity contribution in [2.75, 3.05) is 0 Å². The average molecular weight is 302 g/mol. The molecule has 6 nitrogen and oxygen atoms in total. The third kappa shape index (κ3) is 3.66. The monoisotopic (exact) mass is 302 g/mol. The SMILES string of the molecule is Cc1cccc(OC(C)C(=O)NNC(=O)c2ccoc2)c1C. The molecule has 1 atom stereocenters. The maximum atomic E-state index is 11.9. The third-order valence-corrected chi connectivity index (χ3v) is 3.31. The Bertz CT molecular complexity index is 665. The second-order valence-electron chi connectivity index (χ2n) is 4.91. The van der Waals surface area contributed by atoms with Gasteiger partial charge in [0.15, 0.2) is 6.10 Å². The van der Waals surface area contributed by atoms with Crippen LogP contribution < -0.4 is 15.6 Å². The Labute approximate surface area is 128 Å². The van der Waals surface area contributed by atoms with Crippen molar-refractivity contribution in [3.05, 3.63) is 53.5 Å². The first-order valence-electron chi connectivity index (χ1n) is 6.84. The van der Waals surface area contributed by atoms with Crippen LogP contribution in [0.3, 0.4) is 0 Å². The number of hydrogen-bond acceptors (Lipinski definition) is 4. The van der Waals surface area contributed by atoms with Crippen LogP contribution in [0.5, 0.6) is 5.75 Å². The van der Waals surface area contributed by atoms with Crippen molar-refractivity contribution in [3.8, 4) is 5.75 Å². The highest BCUT2D eigenvalue weighted by Crippen LogP contribution is 2.21. The summed E-state index contributed by atoms with van der Waals surface area (Å²) in [4.78, 5) is 23.6. The molecule has 0 saturated carbocycles. The van der Waals surface area contributed by atoms with Crippen LogP contribution in [0.1, 0.15) is 28.4 Å². The number of hydrazine groups is 1. The molecule has 2 amide bonds. The summed E-state index contributed by atoms with van der Waals surface area (Å²) in [6, 6.07) is 7.13. The van der Waals surface area contributed by atoms with Crippen LogP contribution in [-0.4, -0.2) is 17.9 Å². The highest BCUT2D eigenvalue weighted by molar-refractivity contribution is 5.95. The van der Waals surface area contributed by atoms with Gasteiger partial charge in [0.05, 0.1) is 11.8 Å². The van der Waals surface area contributed by atoms with Crippen molar-refractivity contribution in [1.82, 2.24) is 10.9 Å².